The van der Waals surface area contributed by atoms with E-state index in [0.717, 1.165) is 25.0 Å². The summed E-state index contributed by atoms with van der Waals surface area (Å²) < 4.78 is 11.2. The van der Waals surface area contributed by atoms with Gasteiger partial charge < -0.3 is 9.47 Å². The zero-order chi connectivity index (χ0) is 14.1. The molecule has 19 heavy (non-hydrogen) atoms. The lowest BCUT2D eigenvalue weighted by molar-refractivity contribution is -0.0494. The standard InChI is InChI=1S/C17H34O2/c1-5-15(2)11-12-17(13-18-3,14-19-4)16-9-7-6-8-10-16/h15-16H,5-14H2,1-4H3. The molecule has 114 valence electrons. The van der Waals surface area contributed by atoms with Gasteiger partial charge >= 0.3 is 0 Å². The van der Waals surface area contributed by atoms with Gasteiger partial charge in [0.2, 0.25) is 0 Å². The molecule has 1 unspecified atom stereocenters. The Labute approximate surface area is 120 Å². The molecule has 2 heteroatoms. The molecule has 0 aromatic heterocycles. The molecule has 1 rings (SSSR count). The van der Waals surface area contributed by atoms with Crippen molar-refractivity contribution in [3.05, 3.63) is 0 Å². The van der Waals surface area contributed by atoms with Crippen LogP contribution in [0.25, 0.3) is 0 Å². The van der Waals surface area contributed by atoms with Crippen LogP contribution in [0, 0.1) is 17.3 Å². The maximum atomic E-state index is 5.60. The summed E-state index contributed by atoms with van der Waals surface area (Å²) in [5.41, 5.74) is 0.257. The first kappa shape index (κ1) is 17.0. The molecule has 1 atom stereocenters. The molecule has 0 aliphatic heterocycles. The number of hydrogen-bond donors (Lipinski definition) is 0. The molecule has 1 aliphatic rings. The topological polar surface area (TPSA) is 18.5 Å². The first-order valence-corrected chi connectivity index (χ1v) is 8.16. The van der Waals surface area contributed by atoms with Gasteiger partial charge in [-0.1, -0.05) is 46.0 Å². The molecule has 0 aromatic carbocycles. The minimum absolute atomic E-state index is 0.257. The first-order chi connectivity index (χ1) is 9.18. The van der Waals surface area contributed by atoms with Gasteiger partial charge in [0, 0.05) is 19.6 Å². The van der Waals surface area contributed by atoms with Crippen molar-refractivity contribution in [1.29, 1.82) is 0 Å². The van der Waals surface area contributed by atoms with Crippen LogP contribution in [0.5, 0.6) is 0 Å². The van der Waals surface area contributed by atoms with Crippen molar-refractivity contribution in [2.45, 2.75) is 65.2 Å². The van der Waals surface area contributed by atoms with Gasteiger partial charge in [0.05, 0.1) is 13.2 Å². The molecule has 0 saturated heterocycles. The summed E-state index contributed by atoms with van der Waals surface area (Å²) in [4.78, 5) is 0. The number of hydrogen-bond acceptors (Lipinski definition) is 2. The summed E-state index contributed by atoms with van der Waals surface area (Å²) in [5.74, 6) is 1.61. The van der Waals surface area contributed by atoms with Gasteiger partial charge in [-0.3, -0.25) is 0 Å². The molecule has 0 radical (unpaired) electrons. The monoisotopic (exact) mass is 270 g/mol. The molecule has 1 fully saturated rings. The summed E-state index contributed by atoms with van der Waals surface area (Å²) in [6.45, 7) is 6.38. The van der Waals surface area contributed by atoms with Gasteiger partial charge in [0.25, 0.3) is 0 Å². The van der Waals surface area contributed by atoms with Gasteiger partial charge in [0.15, 0.2) is 0 Å². The van der Waals surface area contributed by atoms with Crippen LogP contribution in [0.4, 0.5) is 0 Å². The summed E-state index contributed by atoms with van der Waals surface area (Å²) in [5, 5.41) is 0. The minimum atomic E-state index is 0.257. The van der Waals surface area contributed by atoms with Crippen molar-refractivity contribution in [3.63, 3.8) is 0 Å². The zero-order valence-electron chi connectivity index (χ0n) is 13.5. The third kappa shape index (κ3) is 5.07. The van der Waals surface area contributed by atoms with Crippen LogP contribution in [-0.4, -0.2) is 27.4 Å². The zero-order valence-corrected chi connectivity index (χ0v) is 13.5. The maximum absolute atomic E-state index is 5.60. The summed E-state index contributed by atoms with van der Waals surface area (Å²) in [6, 6.07) is 0. The van der Waals surface area contributed by atoms with Gasteiger partial charge in [0.1, 0.15) is 0 Å². The van der Waals surface area contributed by atoms with Gasteiger partial charge in [-0.05, 0) is 31.1 Å². The highest BCUT2D eigenvalue weighted by Crippen LogP contribution is 2.43. The first-order valence-electron chi connectivity index (χ1n) is 8.16. The van der Waals surface area contributed by atoms with Crippen LogP contribution in [0.1, 0.15) is 65.2 Å². The quantitative estimate of drug-likeness (QED) is 0.606. The van der Waals surface area contributed by atoms with E-state index in [-0.39, 0.29) is 5.41 Å². The molecule has 0 N–H and O–H groups in total. The average Bonchev–Trinajstić information content (AvgIpc) is 2.45. The molecular weight excluding hydrogens is 236 g/mol. The van der Waals surface area contributed by atoms with Crippen LogP contribution in [0.15, 0.2) is 0 Å². The molecule has 0 bridgehead atoms. The van der Waals surface area contributed by atoms with Crippen molar-refractivity contribution in [2.75, 3.05) is 27.4 Å². The fourth-order valence-corrected chi connectivity index (χ4v) is 3.65. The van der Waals surface area contributed by atoms with Gasteiger partial charge in [-0.15, -0.1) is 0 Å². The summed E-state index contributed by atoms with van der Waals surface area (Å²) in [7, 11) is 3.69. The van der Waals surface area contributed by atoms with Crippen molar-refractivity contribution in [3.8, 4) is 0 Å². The van der Waals surface area contributed by atoms with Crippen LogP contribution < -0.4 is 0 Å². The molecule has 0 heterocycles. The van der Waals surface area contributed by atoms with Crippen molar-refractivity contribution >= 4 is 0 Å². The van der Waals surface area contributed by atoms with E-state index < -0.39 is 0 Å². The lowest BCUT2D eigenvalue weighted by Crippen LogP contribution is -2.40. The Morgan fingerprint density at radius 2 is 1.63 bits per heavy atom. The molecule has 2 nitrogen and oxygen atoms in total. The maximum Gasteiger partial charge on any atom is 0.0543 e. The summed E-state index contributed by atoms with van der Waals surface area (Å²) >= 11 is 0. The Kier molecular flexibility index (Phi) is 8.01. The van der Waals surface area contributed by atoms with Gasteiger partial charge in [-0.2, -0.15) is 0 Å². The average molecular weight is 270 g/mol. The highest BCUT2D eigenvalue weighted by molar-refractivity contribution is 4.88. The van der Waals surface area contributed by atoms with Crippen LogP contribution in [0.3, 0.4) is 0 Å². The largest absolute Gasteiger partial charge is 0.384 e. The van der Waals surface area contributed by atoms with Crippen LogP contribution >= 0.6 is 0 Å². The van der Waals surface area contributed by atoms with Crippen LogP contribution in [-0.2, 0) is 9.47 Å². The van der Waals surface area contributed by atoms with E-state index in [1.807, 2.05) is 14.2 Å². The van der Waals surface area contributed by atoms with E-state index in [4.69, 9.17) is 9.47 Å². The highest BCUT2D eigenvalue weighted by atomic mass is 16.5. The number of ether oxygens (including phenoxy) is 2. The predicted octanol–water partition coefficient (Wildman–Crippen LogP) is 4.67. The number of methoxy groups -OCH3 is 2. The second-order valence-corrected chi connectivity index (χ2v) is 6.62. The Bertz CT molecular complexity index is 215. The minimum Gasteiger partial charge on any atom is -0.384 e. The summed E-state index contributed by atoms with van der Waals surface area (Å²) in [6.07, 6.45) is 10.8. The number of rotatable bonds is 9. The Morgan fingerprint density at radius 1 is 1.05 bits per heavy atom. The SMILES string of the molecule is CCC(C)CCC(COC)(COC)C1CCCCC1. The normalized spacial score (nSPS) is 19.6. The predicted molar refractivity (Wildman–Crippen MR) is 81.4 cm³/mol. The van der Waals surface area contributed by atoms with Gasteiger partial charge in [-0.25, -0.2) is 0 Å². The molecule has 0 amide bonds. The molecule has 0 aromatic rings. The van der Waals surface area contributed by atoms with Crippen molar-refractivity contribution in [2.24, 2.45) is 17.3 Å². The van der Waals surface area contributed by atoms with E-state index in [1.54, 1.807) is 0 Å². The fourth-order valence-electron chi connectivity index (χ4n) is 3.65. The van der Waals surface area contributed by atoms with Crippen LogP contribution in [0.2, 0.25) is 0 Å². The smallest absolute Gasteiger partial charge is 0.0543 e. The van der Waals surface area contributed by atoms with Crippen molar-refractivity contribution in [1.82, 2.24) is 0 Å². The van der Waals surface area contributed by atoms with E-state index in [9.17, 15) is 0 Å². The van der Waals surface area contributed by atoms with Crippen molar-refractivity contribution < 1.29 is 9.47 Å². The second kappa shape index (κ2) is 8.97. The Morgan fingerprint density at radius 3 is 2.11 bits per heavy atom. The Hall–Kier alpha value is -0.0800. The molecule has 1 aliphatic carbocycles. The fraction of sp³-hybridized carbons (Fsp3) is 1.00. The van der Waals surface area contributed by atoms with E-state index in [2.05, 4.69) is 13.8 Å². The van der Waals surface area contributed by atoms with E-state index in [1.165, 1.54) is 51.4 Å². The lowest BCUT2D eigenvalue weighted by atomic mass is 9.66. The van der Waals surface area contributed by atoms with E-state index >= 15 is 0 Å². The third-order valence-electron chi connectivity index (χ3n) is 5.17. The van der Waals surface area contributed by atoms with E-state index in [0.29, 0.717) is 0 Å². The molecule has 1 saturated carbocycles. The second-order valence-electron chi connectivity index (χ2n) is 6.62. The lowest BCUT2D eigenvalue weighted by Gasteiger charge is -2.42. The Balaban J connectivity index is 2.72. The third-order valence-corrected chi connectivity index (χ3v) is 5.17. The molecule has 0 spiro atoms. The molecular formula is C17H34O2. The highest BCUT2D eigenvalue weighted by Gasteiger charge is 2.39.